The van der Waals surface area contributed by atoms with E-state index in [0.717, 1.165) is 22.3 Å². The second kappa shape index (κ2) is 5.45. The van der Waals surface area contributed by atoms with Crippen LogP contribution in [-0.4, -0.2) is 6.26 Å². The summed E-state index contributed by atoms with van der Waals surface area (Å²) in [6, 6.07) is 16.2. The average Bonchev–Trinajstić information content (AvgIpc) is 2.74. The van der Waals surface area contributed by atoms with E-state index in [1.54, 1.807) is 11.8 Å². The Hall–Kier alpha value is -1.54. The molecule has 1 aliphatic carbocycles. The minimum Gasteiger partial charge on any atom is -0.242 e. The Labute approximate surface area is 123 Å². The van der Waals surface area contributed by atoms with Crippen molar-refractivity contribution in [1.82, 2.24) is 0 Å². The summed E-state index contributed by atoms with van der Waals surface area (Å²) in [5.74, 6) is -0.0763. The number of rotatable bonds is 2. The molecule has 2 aromatic carbocycles. The first-order valence-corrected chi connectivity index (χ1v) is 8.02. The molecule has 2 aromatic rings. The predicted octanol–water partition coefficient (Wildman–Crippen LogP) is 5.61. The van der Waals surface area contributed by atoms with E-state index in [9.17, 15) is 4.39 Å². The zero-order valence-electron chi connectivity index (χ0n) is 11.6. The van der Waals surface area contributed by atoms with Crippen molar-refractivity contribution in [2.24, 2.45) is 5.92 Å². The molecular formula is C18H17FS. The number of hydrogen-bond acceptors (Lipinski definition) is 1. The predicted molar refractivity (Wildman–Crippen MR) is 85.5 cm³/mol. The number of alkyl halides is 1. The summed E-state index contributed by atoms with van der Waals surface area (Å²) in [5.41, 5.74) is 4.12. The van der Waals surface area contributed by atoms with Crippen molar-refractivity contribution >= 4 is 23.4 Å². The molecule has 2 unspecified atom stereocenters. The van der Waals surface area contributed by atoms with Crippen LogP contribution in [0.1, 0.15) is 29.8 Å². The molecule has 102 valence electrons. The van der Waals surface area contributed by atoms with E-state index in [1.807, 2.05) is 31.2 Å². The molecule has 0 heterocycles. The molecule has 0 spiro atoms. The molecule has 0 bridgehead atoms. The maximum Gasteiger partial charge on any atom is 0.132 e. The fraction of sp³-hybridized carbons (Fsp3) is 0.222. The molecule has 0 aromatic heterocycles. The molecule has 2 heteroatoms. The number of thioether (sulfide) groups is 1. The highest BCUT2D eigenvalue weighted by Crippen LogP contribution is 2.47. The zero-order valence-corrected chi connectivity index (χ0v) is 12.5. The SMILES string of the molecule is CSc1ccc(C=C2c3ccccc3C(F)C2C)cc1. The smallest absolute Gasteiger partial charge is 0.132 e. The molecule has 0 saturated carbocycles. The van der Waals surface area contributed by atoms with Gasteiger partial charge < -0.3 is 0 Å². The van der Waals surface area contributed by atoms with Gasteiger partial charge in [0.25, 0.3) is 0 Å². The number of allylic oxidation sites excluding steroid dienone is 1. The molecule has 0 N–H and O–H groups in total. The van der Waals surface area contributed by atoms with Gasteiger partial charge in [0.2, 0.25) is 0 Å². The highest BCUT2D eigenvalue weighted by molar-refractivity contribution is 7.98. The Morgan fingerprint density at radius 1 is 1.05 bits per heavy atom. The van der Waals surface area contributed by atoms with Gasteiger partial charge in [0, 0.05) is 10.8 Å². The Kier molecular flexibility index (Phi) is 3.66. The summed E-state index contributed by atoms with van der Waals surface area (Å²) in [4.78, 5) is 1.25. The van der Waals surface area contributed by atoms with E-state index in [1.165, 1.54) is 4.90 Å². The minimum atomic E-state index is -0.886. The molecule has 0 fully saturated rings. The van der Waals surface area contributed by atoms with E-state index >= 15 is 0 Å². The van der Waals surface area contributed by atoms with Gasteiger partial charge >= 0.3 is 0 Å². The zero-order chi connectivity index (χ0) is 14.1. The van der Waals surface area contributed by atoms with Gasteiger partial charge in [-0.25, -0.2) is 4.39 Å². The lowest BCUT2D eigenvalue weighted by Gasteiger charge is -2.08. The summed E-state index contributed by atoms with van der Waals surface area (Å²) in [6.07, 6.45) is 3.30. The van der Waals surface area contributed by atoms with Gasteiger partial charge in [0.15, 0.2) is 0 Å². The van der Waals surface area contributed by atoms with Gasteiger partial charge in [-0.2, -0.15) is 0 Å². The van der Waals surface area contributed by atoms with E-state index in [-0.39, 0.29) is 5.92 Å². The van der Waals surface area contributed by atoms with Crippen LogP contribution in [0.2, 0.25) is 0 Å². The third-order valence-electron chi connectivity index (χ3n) is 3.94. The Bertz CT molecular complexity index is 643. The van der Waals surface area contributed by atoms with Crippen LogP contribution in [0, 0.1) is 5.92 Å². The first kappa shape index (κ1) is 13.4. The first-order valence-electron chi connectivity index (χ1n) is 6.79. The Morgan fingerprint density at radius 3 is 2.45 bits per heavy atom. The van der Waals surface area contributed by atoms with Gasteiger partial charge in [0.05, 0.1) is 0 Å². The fourth-order valence-corrected chi connectivity index (χ4v) is 3.17. The summed E-state index contributed by atoms with van der Waals surface area (Å²) in [7, 11) is 0. The van der Waals surface area contributed by atoms with Crippen LogP contribution in [0.25, 0.3) is 11.6 Å². The number of benzene rings is 2. The molecule has 0 radical (unpaired) electrons. The van der Waals surface area contributed by atoms with Crippen LogP contribution < -0.4 is 0 Å². The largest absolute Gasteiger partial charge is 0.242 e. The average molecular weight is 284 g/mol. The van der Waals surface area contributed by atoms with Crippen LogP contribution in [0.4, 0.5) is 4.39 Å². The second-order valence-electron chi connectivity index (χ2n) is 5.15. The summed E-state index contributed by atoms with van der Waals surface area (Å²) >= 11 is 1.73. The highest BCUT2D eigenvalue weighted by Gasteiger charge is 2.33. The summed E-state index contributed by atoms with van der Waals surface area (Å²) in [5, 5.41) is 0. The third kappa shape index (κ3) is 2.29. The Morgan fingerprint density at radius 2 is 1.75 bits per heavy atom. The molecule has 0 aliphatic heterocycles. The van der Waals surface area contributed by atoms with E-state index in [4.69, 9.17) is 0 Å². The maximum atomic E-state index is 14.3. The lowest BCUT2D eigenvalue weighted by molar-refractivity contribution is 0.301. The normalized spacial score (nSPS) is 23.1. The van der Waals surface area contributed by atoms with Crippen molar-refractivity contribution in [1.29, 1.82) is 0 Å². The van der Waals surface area contributed by atoms with Crippen molar-refractivity contribution < 1.29 is 4.39 Å². The second-order valence-corrected chi connectivity index (χ2v) is 6.03. The van der Waals surface area contributed by atoms with Gasteiger partial charge in [-0.1, -0.05) is 49.4 Å². The van der Waals surface area contributed by atoms with Crippen molar-refractivity contribution in [2.75, 3.05) is 6.26 Å². The number of hydrogen-bond donors (Lipinski definition) is 0. The van der Waals surface area contributed by atoms with E-state index in [2.05, 4.69) is 36.6 Å². The monoisotopic (exact) mass is 284 g/mol. The van der Waals surface area contributed by atoms with Gasteiger partial charge in [-0.3, -0.25) is 0 Å². The summed E-state index contributed by atoms with van der Waals surface area (Å²) < 4.78 is 14.3. The van der Waals surface area contributed by atoms with Gasteiger partial charge in [0.1, 0.15) is 6.17 Å². The number of fused-ring (bicyclic) bond motifs is 1. The van der Waals surface area contributed by atoms with Gasteiger partial charge in [-0.05, 0) is 40.7 Å². The lowest BCUT2D eigenvalue weighted by Crippen LogP contribution is -1.95. The number of halogens is 1. The Balaban J connectivity index is 2.02. The van der Waals surface area contributed by atoms with Crippen LogP contribution in [0.5, 0.6) is 0 Å². The lowest BCUT2D eigenvalue weighted by atomic mass is 9.98. The summed E-state index contributed by atoms with van der Waals surface area (Å²) in [6.45, 7) is 1.97. The molecule has 2 atom stereocenters. The first-order chi connectivity index (χ1) is 9.70. The van der Waals surface area contributed by atoms with E-state index in [0.29, 0.717) is 0 Å². The minimum absolute atomic E-state index is 0.0763. The van der Waals surface area contributed by atoms with Crippen LogP contribution in [0.3, 0.4) is 0 Å². The standard InChI is InChI=1S/C18H17FS/c1-12-17(11-13-7-9-14(20-2)10-8-13)15-5-3-4-6-16(15)18(12)19/h3-12,18H,1-2H3. The van der Waals surface area contributed by atoms with E-state index < -0.39 is 6.17 Å². The van der Waals surface area contributed by atoms with Gasteiger partial charge in [-0.15, -0.1) is 11.8 Å². The van der Waals surface area contributed by atoms with Crippen LogP contribution >= 0.6 is 11.8 Å². The van der Waals surface area contributed by atoms with Crippen molar-refractivity contribution in [3.05, 3.63) is 65.2 Å². The third-order valence-corrected chi connectivity index (χ3v) is 4.68. The van der Waals surface area contributed by atoms with Crippen molar-refractivity contribution in [3.8, 4) is 0 Å². The van der Waals surface area contributed by atoms with Crippen LogP contribution in [-0.2, 0) is 0 Å². The maximum absolute atomic E-state index is 14.3. The topological polar surface area (TPSA) is 0 Å². The quantitative estimate of drug-likeness (QED) is 0.646. The molecule has 3 rings (SSSR count). The molecule has 0 nitrogen and oxygen atoms in total. The molecule has 0 amide bonds. The van der Waals surface area contributed by atoms with Crippen molar-refractivity contribution in [3.63, 3.8) is 0 Å². The molecule has 1 aliphatic rings. The van der Waals surface area contributed by atoms with Crippen molar-refractivity contribution in [2.45, 2.75) is 18.0 Å². The highest BCUT2D eigenvalue weighted by atomic mass is 32.2. The molecular weight excluding hydrogens is 267 g/mol. The van der Waals surface area contributed by atoms with Crippen LogP contribution in [0.15, 0.2) is 53.4 Å². The fourth-order valence-electron chi connectivity index (χ4n) is 2.76. The molecule has 0 saturated heterocycles. The molecule has 20 heavy (non-hydrogen) atoms.